The Balaban J connectivity index is 1.73. The summed E-state index contributed by atoms with van der Waals surface area (Å²) in [6, 6.07) is 7.71. The molecule has 0 saturated carbocycles. The lowest BCUT2D eigenvalue weighted by Crippen LogP contribution is -2.21. The number of amides is 1. The fourth-order valence-corrected chi connectivity index (χ4v) is 3.55. The highest BCUT2D eigenvalue weighted by Gasteiger charge is 2.22. The minimum atomic E-state index is -0.479. The molecule has 1 N–H and O–H groups in total. The van der Waals surface area contributed by atoms with Crippen LogP contribution in [-0.4, -0.2) is 39.2 Å². The van der Waals surface area contributed by atoms with Crippen LogP contribution in [0.25, 0.3) is 11.4 Å². The Morgan fingerprint density at radius 3 is 2.56 bits per heavy atom. The fraction of sp³-hybridized carbons (Fsp3) is 0.278. The zero-order valence-corrected chi connectivity index (χ0v) is 16.3. The van der Waals surface area contributed by atoms with E-state index in [4.69, 9.17) is 4.74 Å². The molecule has 0 bridgehead atoms. The molecule has 3 rings (SSSR count). The number of rotatable bonds is 5. The van der Waals surface area contributed by atoms with E-state index in [1.807, 2.05) is 45.0 Å². The van der Waals surface area contributed by atoms with Gasteiger partial charge in [0.15, 0.2) is 0 Å². The SMILES string of the molecule is COC(=O)c1c(NC(=O)Cn2nnc(-c3ccc(C)cc3)n2)sc(C)c1C. The summed E-state index contributed by atoms with van der Waals surface area (Å²) >= 11 is 1.33. The van der Waals surface area contributed by atoms with E-state index in [1.165, 1.54) is 23.2 Å². The van der Waals surface area contributed by atoms with Crippen molar-refractivity contribution in [1.29, 1.82) is 0 Å². The monoisotopic (exact) mass is 385 g/mol. The van der Waals surface area contributed by atoms with Crippen LogP contribution in [0.4, 0.5) is 5.00 Å². The van der Waals surface area contributed by atoms with E-state index in [1.54, 1.807) is 0 Å². The number of aryl methyl sites for hydroxylation is 2. The van der Waals surface area contributed by atoms with Crippen molar-refractivity contribution in [2.24, 2.45) is 0 Å². The Bertz CT molecular complexity index is 991. The summed E-state index contributed by atoms with van der Waals surface area (Å²) < 4.78 is 4.81. The molecule has 27 heavy (non-hydrogen) atoms. The van der Waals surface area contributed by atoms with Gasteiger partial charge in [-0.1, -0.05) is 29.8 Å². The number of nitrogens with zero attached hydrogens (tertiary/aromatic N) is 4. The average Bonchev–Trinajstić information content (AvgIpc) is 3.20. The summed E-state index contributed by atoms with van der Waals surface area (Å²) in [5.74, 6) is -0.386. The van der Waals surface area contributed by atoms with Gasteiger partial charge in [-0.25, -0.2) is 4.79 Å². The zero-order valence-electron chi connectivity index (χ0n) is 15.4. The first-order chi connectivity index (χ1) is 12.9. The van der Waals surface area contributed by atoms with Gasteiger partial charge in [-0.05, 0) is 31.5 Å². The normalized spacial score (nSPS) is 10.7. The van der Waals surface area contributed by atoms with Crippen LogP contribution in [0.1, 0.15) is 26.4 Å². The van der Waals surface area contributed by atoms with Crippen molar-refractivity contribution in [2.45, 2.75) is 27.3 Å². The van der Waals surface area contributed by atoms with E-state index in [2.05, 4.69) is 20.7 Å². The first kappa shape index (κ1) is 18.7. The van der Waals surface area contributed by atoms with Gasteiger partial charge in [-0.15, -0.1) is 21.5 Å². The molecule has 1 aromatic carbocycles. The van der Waals surface area contributed by atoms with E-state index >= 15 is 0 Å². The van der Waals surface area contributed by atoms with Crippen molar-refractivity contribution in [3.63, 3.8) is 0 Å². The van der Waals surface area contributed by atoms with Crippen LogP contribution in [-0.2, 0) is 16.1 Å². The van der Waals surface area contributed by atoms with E-state index in [-0.39, 0.29) is 12.5 Å². The van der Waals surface area contributed by atoms with Crippen LogP contribution in [0.2, 0.25) is 0 Å². The quantitative estimate of drug-likeness (QED) is 0.678. The van der Waals surface area contributed by atoms with E-state index in [0.29, 0.717) is 16.4 Å². The number of anilines is 1. The van der Waals surface area contributed by atoms with Crippen LogP contribution in [0.5, 0.6) is 0 Å². The smallest absolute Gasteiger partial charge is 0.341 e. The molecule has 3 aromatic rings. The second-order valence-corrected chi connectivity index (χ2v) is 7.26. The van der Waals surface area contributed by atoms with Crippen molar-refractivity contribution in [2.75, 3.05) is 12.4 Å². The number of tetrazole rings is 1. The zero-order chi connectivity index (χ0) is 19.6. The predicted molar refractivity (Wildman–Crippen MR) is 102 cm³/mol. The number of carbonyl (C=O) groups is 2. The van der Waals surface area contributed by atoms with Crippen molar-refractivity contribution < 1.29 is 14.3 Å². The molecule has 0 saturated heterocycles. The van der Waals surface area contributed by atoms with E-state index in [9.17, 15) is 9.59 Å². The first-order valence-electron chi connectivity index (χ1n) is 8.22. The van der Waals surface area contributed by atoms with Crippen molar-refractivity contribution in [3.8, 4) is 11.4 Å². The maximum absolute atomic E-state index is 12.4. The Labute approximate surface area is 160 Å². The molecule has 0 fully saturated rings. The Kier molecular flexibility index (Phi) is 5.31. The molecule has 9 heteroatoms. The fourth-order valence-electron chi connectivity index (χ4n) is 2.49. The van der Waals surface area contributed by atoms with Gasteiger partial charge in [0.05, 0.1) is 12.7 Å². The molecule has 0 unspecified atom stereocenters. The summed E-state index contributed by atoms with van der Waals surface area (Å²) in [6.07, 6.45) is 0. The third-order valence-corrected chi connectivity index (χ3v) is 5.20. The second-order valence-electron chi connectivity index (χ2n) is 6.04. The van der Waals surface area contributed by atoms with Crippen molar-refractivity contribution in [1.82, 2.24) is 20.2 Å². The molecule has 0 atom stereocenters. The minimum Gasteiger partial charge on any atom is -0.465 e. The lowest BCUT2D eigenvalue weighted by atomic mass is 10.1. The van der Waals surface area contributed by atoms with Gasteiger partial charge in [0.2, 0.25) is 11.7 Å². The topological polar surface area (TPSA) is 99.0 Å². The largest absolute Gasteiger partial charge is 0.465 e. The van der Waals surface area contributed by atoms with Crippen molar-refractivity contribution in [3.05, 3.63) is 45.8 Å². The number of aromatic nitrogens is 4. The number of benzene rings is 1. The molecular formula is C18H19N5O3S. The van der Waals surface area contributed by atoms with Gasteiger partial charge in [0.25, 0.3) is 0 Å². The number of hydrogen-bond acceptors (Lipinski definition) is 7. The summed E-state index contributed by atoms with van der Waals surface area (Å²) in [4.78, 5) is 26.5. The molecule has 0 aliphatic rings. The summed E-state index contributed by atoms with van der Waals surface area (Å²) in [5.41, 5.74) is 3.13. The molecule has 0 radical (unpaired) electrons. The Hall–Kier alpha value is -3.07. The van der Waals surface area contributed by atoms with Crippen LogP contribution in [0.3, 0.4) is 0 Å². The van der Waals surface area contributed by atoms with Crippen LogP contribution in [0, 0.1) is 20.8 Å². The lowest BCUT2D eigenvalue weighted by molar-refractivity contribution is -0.117. The molecule has 2 heterocycles. The van der Waals surface area contributed by atoms with Gasteiger partial charge >= 0.3 is 5.97 Å². The molecule has 0 aliphatic heterocycles. The van der Waals surface area contributed by atoms with Gasteiger partial charge in [-0.2, -0.15) is 4.80 Å². The van der Waals surface area contributed by atoms with Crippen molar-refractivity contribution >= 4 is 28.2 Å². The number of hydrogen-bond donors (Lipinski definition) is 1. The standard InChI is InChI=1S/C18H19N5O3S/c1-10-5-7-13(8-6-10)16-20-22-23(21-16)9-14(24)19-17-15(18(25)26-4)11(2)12(3)27-17/h5-8H,9H2,1-4H3,(H,19,24). The third kappa shape index (κ3) is 4.03. The molecule has 0 aliphatic carbocycles. The summed E-state index contributed by atoms with van der Waals surface area (Å²) in [5, 5.41) is 15.3. The highest BCUT2D eigenvalue weighted by atomic mass is 32.1. The Morgan fingerprint density at radius 2 is 1.89 bits per heavy atom. The molecule has 2 aromatic heterocycles. The number of nitrogens with one attached hydrogen (secondary N) is 1. The molecule has 0 spiro atoms. The minimum absolute atomic E-state index is 0.116. The molecule has 8 nitrogen and oxygen atoms in total. The van der Waals surface area contributed by atoms with Crippen LogP contribution >= 0.6 is 11.3 Å². The third-order valence-electron chi connectivity index (χ3n) is 4.08. The summed E-state index contributed by atoms with van der Waals surface area (Å²) in [7, 11) is 1.31. The highest BCUT2D eigenvalue weighted by Crippen LogP contribution is 2.32. The number of methoxy groups -OCH3 is 1. The number of esters is 1. The van der Waals surface area contributed by atoms with Gasteiger partial charge in [0, 0.05) is 10.4 Å². The van der Waals surface area contributed by atoms with E-state index in [0.717, 1.165) is 21.6 Å². The Morgan fingerprint density at radius 1 is 1.19 bits per heavy atom. The van der Waals surface area contributed by atoms with Gasteiger partial charge in [0.1, 0.15) is 11.5 Å². The van der Waals surface area contributed by atoms with Crippen LogP contribution in [0.15, 0.2) is 24.3 Å². The van der Waals surface area contributed by atoms with Gasteiger partial charge < -0.3 is 10.1 Å². The number of ether oxygens (including phenoxy) is 1. The number of thiophene rings is 1. The molecule has 140 valence electrons. The second kappa shape index (κ2) is 7.67. The predicted octanol–water partition coefficient (Wildman–Crippen LogP) is 2.75. The van der Waals surface area contributed by atoms with Crippen LogP contribution < -0.4 is 5.32 Å². The molecular weight excluding hydrogens is 366 g/mol. The van der Waals surface area contributed by atoms with E-state index < -0.39 is 5.97 Å². The maximum atomic E-state index is 12.4. The highest BCUT2D eigenvalue weighted by molar-refractivity contribution is 7.16. The lowest BCUT2D eigenvalue weighted by Gasteiger charge is -2.05. The molecule has 1 amide bonds. The average molecular weight is 385 g/mol. The first-order valence-corrected chi connectivity index (χ1v) is 9.03. The summed E-state index contributed by atoms with van der Waals surface area (Å²) in [6.45, 7) is 5.58. The van der Waals surface area contributed by atoms with Gasteiger partial charge in [-0.3, -0.25) is 4.79 Å². The maximum Gasteiger partial charge on any atom is 0.341 e. The number of carbonyl (C=O) groups excluding carboxylic acids is 2.